The Hall–Kier alpha value is -2.37. The highest BCUT2D eigenvalue weighted by Crippen LogP contribution is 2.19. The number of rotatable bonds is 2. The highest BCUT2D eigenvalue weighted by atomic mass is 19.1. The Morgan fingerprint density at radius 2 is 2.41 bits per heavy atom. The SMILES string of the molecule is CC(=O)Nc1nn(-c2[c]cccc2F)cc1N. The van der Waals surface area contributed by atoms with Crippen molar-refractivity contribution >= 4 is 17.4 Å². The first-order chi connectivity index (χ1) is 8.08. The van der Waals surface area contributed by atoms with E-state index < -0.39 is 5.82 Å². The summed E-state index contributed by atoms with van der Waals surface area (Å²) < 4.78 is 14.7. The highest BCUT2D eigenvalue weighted by molar-refractivity contribution is 5.90. The smallest absolute Gasteiger partial charge is 0.222 e. The molecule has 2 rings (SSSR count). The van der Waals surface area contributed by atoms with Crippen molar-refractivity contribution in [2.45, 2.75) is 6.92 Å². The largest absolute Gasteiger partial charge is 0.394 e. The summed E-state index contributed by atoms with van der Waals surface area (Å²) in [6.45, 7) is 1.34. The number of carbonyl (C=O) groups is 1. The number of nitrogen functional groups attached to an aromatic ring is 1. The Bertz CT molecular complexity index is 564. The predicted octanol–water partition coefficient (Wildman–Crippen LogP) is 1.35. The van der Waals surface area contributed by atoms with Crippen molar-refractivity contribution in [2.24, 2.45) is 0 Å². The van der Waals surface area contributed by atoms with Crippen LogP contribution in [0.15, 0.2) is 24.4 Å². The minimum absolute atomic E-state index is 0.149. The molecule has 2 aromatic rings. The lowest BCUT2D eigenvalue weighted by atomic mass is 10.3. The molecular weight excluding hydrogens is 223 g/mol. The van der Waals surface area contributed by atoms with Crippen LogP contribution >= 0.6 is 0 Å². The summed E-state index contributed by atoms with van der Waals surface area (Å²) >= 11 is 0. The zero-order valence-corrected chi connectivity index (χ0v) is 9.07. The van der Waals surface area contributed by atoms with E-state index in [0.717, 1.165) is 0 Å². The van der Waals surface area contributed by atoms with Crippen LogP contribution in [0.1, 0.15) is 6.92 Å². The van der Waals surface area contributed by atoms with Crippen LogP contribution in [0.3, 0.4) is 0 Å². The minimum atomic E-state index is -0.468. The van der Waals surface area contributed by atoms with Crippen molar-refractivity contribution in [1.82, 2.24) is 9.78 Å². The Morgan fingerprint density at radius 3 is 3.06 bits per heavy atom. The highest BCUT2D eigenvalue weighted by Gasteiger charge is 2.10. The molecule has 0 aliphatic carbocycles. The van der Waals surface area contributed by atoms with Crippen molar-refractivity contribution in [3.8, 4) is 5.69 Å². The number of carbonyl (C=O) groups excluding carboxylic acids is 1. The number of nitrogens with zero attached hydrogens (tertiary/aromatic N) is 2. The van der Waals surface area contributed by atoms with E-state index >= 15 is 0 Å². The molecule has 0 aliphatic heterocycles. The zero-order valence-electron chi connectivity index (χ0n) is 9.07. The number of para-hydroxylation sites is 1. The summed E-state index contributed by atoms with van der Waals surface area (Å²) in [4.78, 5) is 10.9. The molecular formula is C11H10FN4O. The second kappa shape index (κ2) is 4.25. The van der Waals surface area contributed by atoms with E-state index in [1.807, 2.05) is 0 Å². The quantitative estimate of drug-likeness (QED) is 0.822. The van der Waals surface area contributed by atoms with Crippen molar-refractivity contribution in [3.05, 3.63) is 36.3 Å². The number of halogens is 1. The van der Waals surface area contributed by atoms with Crippen molar-refractivity contribution in [3.63, 3.8) is 0 Å². The summed E-state index contributed by atoms with van der Waals surface area (Å²) in [7, 11) is 0. The third-order valence-corrected chi connectivity index (χ3v) is 2.05. The molecule has 0 aliphatic rings. The molecule has 0 saturated carbocycles. The molecule has 1 aromatic carbocycles. The van der Waals surface area contributed by atoms with Gasteiger partial charge in [-0.05, 0) is 6.07 Å². The van der Waals surface area contributed by atoms with Gasteiger partial charge in [0.2, 0.25) is 5.91 Å². The van der Waals surface area contributed by atoms with E-state index in [4.69, 9.17) is 5.73 Å². The third-order valence-electron chi connectivity index (χ3n) is 2.05. The van der Waals surface area contributed by atoms with Gasteiger partial charge in [0.15, 0.2) is 5.82 Å². The summed E-state index contributed by atoms with van der Waals surface area (Å²) in [5.41, 5.74) is 6.05. The van der Waals surface area contributed by atoms with E-state index in [-0.39, 0.29) is 23.1 Å². The first kappa shape index (κ1) is 11.1. The van der Waals surface area contributed by atoms with E-state index in [0.29, 0.717) is 0 Å². The van der Waals surface area contributed by atoms with Crippen LogP contribution in [-0.2, 0) is 4.79 Å². The van der Waals surface area contributed by atoms with Gasteiger partial charge in [0, 0.05) is 13.0 Å². The van der Waals surface area contributed by atoms with Gasteiger partial charge in [-0.3, -0.25) is 4.79 Å². The maximum absolute atomic E-state index is 13.5. The van der Waals surface area contributed by atoms with Crippen LogP contribution in [0.5, 0.6) is 0 Å². The topological polar surface area (TPSA) is 72.9 Å². The molecule has 1 amide bonds. The van der Waals surface area contributed by atoms with Gasteiger partial charge in [-0.1, -0.05) is 12.1 Å². The van der Waals surface area contributed by atoms with Crippen molar-refractivity contribution < 1.29 is 9.18 Å². The molecule has 0 unspecified atom stereocenters. The molecule has 1 radical (unpaired) electrons. The van der Waals surface area contributed by atoms with Crippen LogP contribution in [0, 0.1) is 11.9 Å². The fourth-order valence-corrected chi connectivity index (χ4v) is 1.35. The monoisotopic (exact) mass is 233 g/mol. The summed E-state index contributed by atoms with van der Waals surface area (Å²) in [6, 6.07) is 7.09. The fourth-order valence-electron chi connectivity index (χ4n) is 1.35. The molecule has 1 heterocycles. The van der Waals surface area contributed by atoms with Gasteiger partial charge in [-0.15, -0.1) is 5.10 Å². The molecule has 17 heavy (non-hydrogen) atoms. The predicted molar refractivity (Wildman–Crippen MR) is 61.1 cm³/mol. The second-order valence-corrected chi connectivity index (χ2v) is 3.43. The first-order valence-corrected chi connectivity index (χ1v) is 4.87. The lowest BCUT2D eigenvalue weighted by molar-refractivity contribution is -0.114. The van der Waals surface area contributed by atoms with Crippen LogP contribution in [-0.4, -0.2) is 15.7 Å². The number of amides is 1. The minimum Gasteiger partial charge on any atom is -0.394 e. The number of aromatic nitrogens is 2. The molecule has 5 nitrogen and oxygen atoms in total. The lowest BCUT2D eigenvalue weighted by Crippen LogP contribution is -2.08. The van der Waals surface area contributed by atoms with Gasteiger partial charge in [-0.2, -0.15) is 0 Å². The molecule has 6 heteroatoms. The van der Waals surface area contributed by atoms with E-state index in [9.17, 15) is 9.18 Å². The first-order valence-electron chi connectivity index (χ1n) is 4.87. The zero-order chi connectivity index (χ0) is 12.4. The molecule has 0 spiro atoms. The Labute approximate surface area is 97.0 Å². The van der Waals surface area contributed by atoms with Crippen LogP contribution in [0.25, 0.3) is 5.69 Å². The normalized spacial score (nSPS) is 10.2. The Kier molecular flexibility index (Phi) is 2.78. The summed E-state index contributed by atoms with van der Waals surface area (Å²) in [6.07, 6.45) is 1.42. The van der Waals surface area contributed by atoms with Crippen LogP contribution < -0.4 is 11.1 Å². The standard InChI is InChI=1S/C11H10FN4O/c1-7(17)14-11-9(13)6-16(15-11)10-5-3-2-4-8(10)12/h2-4,6H,13H2,1H3,(H,14,15,17). The number of nitrogens with two attached hydrogens (primary N) is 1. The maximum atomic E-state index is 13.5. The van der Waals surface area contributed by atoms with Gasteiger partial charge in [0.1, 0.15) is 11.5 Å². The summed E-state index contributed by atoms with van der Waals surface area (Å²) in [5, 5.41) is 6.42. The van der Waals surface area contributed by atoms with Gasteiger partial charge < -0.3 is 11.1 Å². The number of hydrogen-bond acceptors (Lipinski definition) is 3. The molecule has 3 N–H and O–H groups in total. The molecule has 0 saturated heterocycles. The van der Waals surface area contributed by atoms with Crippen LogP contribution in [0.4, 0.5) is 15.9 Å². The van der Waals surface area contributed by atoms with Gasteiger partial charge in [0.05, 0.1) is 11.9 Å². The van der Waals surface area contributed by atoms with E-state index in [1.54, 1.807) is 6.07 Å². The fraction of sp³-hybridized carbons (Fsp3) is 0.0909. The Morgan fingerprint density at radius 1 is 1.65 bits per heavy atom. The number of hydrogen-bond donors (Lipinski definition) is 2. The molecule has 0 bridgehead atoms. The van der Waals surface area contributed by atoms with E-state index in [1.165, 1.54) is 29.9 Å². The van der Waals surface area contributed by atoms with Gasteiger partial charge in [0.25, 0.3) is 0 Å². The molecule has 1 aromatic heterocycles. The van der Waals surface area contributed by atoms with E-state index in [2.05, 4.69) is 16.5 Å². The Balaban J connectivity index is 2.41. The van der Waals surface area contributed by atoms with Gasteiger partial charge >= 0.3 is 0 Å². The maximum Gasteiger partial charge on any atom is 0.222 e. The number of benzene rings is 1. The molecule has 0 fully saturated rings. The van der Waals surface area contributed by atoms with Crippen molar-refractivity contribution in [1.29, 1.82) is 0 Å². The molecule has 0 atom stereocenters. The molecule has 87 valence electrons. The number of nitrogens with one attached hydrogen (secondary N) is 1. The third kappa shape index (κ3) is 2.25. The van der Waals surface area contributed by atoms with Crippen molar-refractivity contribution in [2.75, 3.05) is 11.1 Å². The average molecular weight is 233 g/mol. The van der Waals surface area contributed by atoms with Gasteiger partial charge in [-0.25, -0.2) is 9.07 Å². The average Bonchev–Trinajstić information content (AvgIpc) is 2.60. The summed E-state index contributed by atoms with van der Waals surface area (Å²) in [5.74, 6) is -0.557. The lowest BCUT2D eigenvalue weighted by Gasteiger charge is -2.01. The second-order valence-electron chi connectivity index (χ2n) is 3.43. The van der Waals surface area contributed by atoms with Crippen LogP contribution in [0.2, 0.25) is 0 Å². The number of anilines is 2.